The fraction of sp³-hybridized carbons (Fsp3) is 0.304. The monoisotopic (exact) mass is 392 g/mol. The smallest absolute Gasteiger partial charge is 0.263 e. The third kappa shape index (κ3) is 3.89. The van der Waals surface area contributed by atoms with Gasteiger partial charge in [0, 0.05) is 24.8 Å². The summed E-state index contributed by atoms with van der Waals surface area (Å²) in [5.74, 6) is 0.426. The summed E-state index contributed by atoms with van der Waals surface area (Å²) in [6.07, 6.45) is 1.11. The van der Waals surface area contributed by atoms with Crippen molar-refractivity contribution in [3.05, 3.63) is 64.6 Å². The van der Waals surface area contributed by atoms with Crippen LogP contribution >= 0.6 is 0 Å². The van der Waals surface area contributed by atoms with Gasteiger partial charge in [-0.15, -0.1) is 0 Å². The number of fused-ring (bicyclic) bond motifs is 1. The third-order valence-electron chi connectivity index (χ3n) is 5.29. The van der Waals surface area contributed by atoms with Crippen molar-refractivity contribution in [1.82, 2.24) is 9.88 Å². The zero-order chi connectivity index (χ0) is 20.4. The molecule has 1 aliphatic heterocycles. The molecule has 1 saturated heterocycles. The van der Waals surface area contributed by atoms with Crippen molar-refractivity contribution in [1.29, 1.82) is 0 Å². The molecule has 3 aromatic rings. The van der Waals surface area contributed by atoms with E-state index < -0.39 is 6.10 Å². The molecule has 0 aliphatic carbocycles. The Morgan fingerprint density at radius 1 is 1.10 bits per heavy atom. The number of hydrogen-bond donors (Lipinski definition) is 1. The van der Waals surface area contributed by atoms with E-state index in [4.69, 9.17) is 9.47 Å². The first-order chi connectivity index (χ1) is 14.0. The molecule has 1 N–H and O–H groups in total. The number of morpholine rings is 1. The Labute approximate surface area is 169 Å². The Kier molecular flexibility index (Phi) is 5.36. The van der Waals surface area contributed by atoms with Crippen LogP contribution in [-0.2, 0) is 9.53 Å². The summed E-state index contributed by atoms with van der Waals surface area (Å²) in [6, 6.07) is 13.5. The molecule has 2 heterocycles. The largest absolute Gasteiger partial charge is 0.481 e. The van der Waals surface area contributed by atoms with Gasteiger partial charge in [0.2, 0.25) is 0 Å². The van der Waals surface area contributed by atoms with Crippen LogP contribution in [0.25, 0.3) is 21.9 Å². The number of pyridine rings is 1. The van der Waals surface area contributed by atoms with Crippen LogP contribution in [0.15, 0.2) is 53.5 Å². The number of aromatic amines is 1. The first-order valence-corrected chi connectivity index (χ1v) is 9.79. The number of amides is 1. The number of nitrogens with one attached hydrogen (secondary N) is 1. The number of hydrogen-bond acceptors (Lipinski definition) is 4. The predicted octanol–water partition coefficient (Wildman–Crippen LogP) is 3.13. The van der Waals surface area contributed by atoms with E-state index in [-0.39, 0.29) is 11.5 Å². The van der Waals surface area contributed by atoms with Gasteiger partial charge in [0.05, 0.1) is 18.6 Å². The van der Waals surface area contributed by atoms with Gasteiger partial charge >= 0.3 is 0 Å². The van der Waals surface area contributed by atoms with Crippen LogP contribution in [0.1, 0.15) is 12.5 Å². The van der Waals surface area contributed by atoms with E-state index in [9.17, 15) is 9.59 Å². The Hall–Kier alpha value is -3.12. The minimum atomic E-state index is -0.635. The summed E-state index contributed by atoms with van der Waals surface area (Å²) in [7, 11) is 0. The van der Waals surface area contributed by atoms with Crippen molar-refractivity contribution < 1.29 is 14.3 Å². The number of rotatable bonds is 4. The van der Waals surface area contributed by atoms with E-state index >= 15 is 0 Å². The van der Waals surface area contributed by atoms with Gasteiger partial charge in [0.25, 0.3) is 11.5 Å². The minimum absolute atomic E-state index is 0.0732. The molecule has 0 spiro atoms. The van der Waals surface area contributed by atoms with Crippen molar-refractivity contribution in [2.24, 2.45) is 0 Å². The second kappa shape index (κ2) is 8.09. The van der Waals surface area contributed by atoms with Gasteiger partial charge in [-0.3, -0.25) is 9.59 Å². The zero-order valence-electron chi connectivity index (χ0n) is 16.6. The normalized spacial score (nSPS) is 15.3. The summed E-state index contributed by atoms with van der Waals surface area (Å²) in [5.41, 5.74) is 2.97. The van der Waals surface area contributed by atoms with Crippen molar-refractivity contribution in [3.63, 3.8) is 0 Å². The highest BCUT2D eigenvalue weighted by Gasteiger charge is 2.24. The lowest BCUT2D eigenvalue weighted by molar-refractivity contribution is -0.142. The standard InChI is InChI=1S/C23H24N2O4/c1-15-5-3-4-6-18(15)21-14-24-22(26)20-13-17(7-8-19(20)21)29-16(2)23(27)25-9-11-28-12-10-25/h3-8,13-14,16H,9-12H2,1-2H3,(H,24,26)/t16-/m1/s1. The van der Waals surface area contributed by atoms with Crippen molar-refractivity contribution >= 4 is 16.7 Å². The molecule has 150 valence electrons. The summed E-state index contributed by atoms with van der Waals surface area (Å²) in [4.78, 5) is 29.6. The lowest BCUT2D eigenvalue weighted by Crippen LogP contribution is -2.46. The highest BCUT2D eigenvalue weighted by Crippen LogP contribution is 2.30. The molecular formula is C23H24N2O4. The Morgan fingerprint density at radius 3 is 2.62 bits per heavy atom. The summed E-state index contributed by atoms with van der Waals surface area (Å²) in [5, 5.41) is 1.39. The third-order valence-corrected chi connectivity index (χ3v) is 5.29. The van der Waals surface area contributed by atoms with Crippen LogP contribution < -0.4 is 10.3 Å². The van der Waals surface area contributed by atoms with E-state index in [1.54, 1.807) is 24.1 Å². The summed E-state index contributed by atoms with van der Waals surface area (Å²) in [6.45, 7) is 6.02. The first kappa shape index (κ1) is 19.2. The number of carbonyl (C=O) groups excluding carboxylic acids is 1. The molecule has 29 heavy (non-hydrogen) atoms. The van der Waals surface area contributed by atoms with E-state index in [1.165, 1.54) is 0 Å². The van der Waals surface area contributed by atoms with E-state index in [1.807, 2.05) is 43.3 Å². The second-order valence-electron chi connectivity index (χ2n) is 7.25. The quantitative estimate of drug-likeness (QED) is 0.741. The molecule has 1 aliphatic rings. The molecule has 4 rings (SSSR count). The van der Waals surface area contributed by atoms with Gasteiger partial charge in [-0.1, -0.05) is 24.3 Å². The predicted molar refractivity (Wildman–Crippen MR) is 112 cm³/mol. The minimum Gasteiger partial charge on any atom is -0.481 e. The maximum absolute atomic E-state index is 12.6. The lowest BCUT2D eigenvalue weighted by Gasteiger charge is -2.29. The van der Waals surface area contributed by atoms with Crippen LogP contribution in [0.4, 0.5) is 0 Å². The number of nitrogens with zero attached hydrogens (tertiary/aromatic N) is 1. The van der Waals surface area contributed by atoms with Crippen molar-refractivity contribution in [2.45, 2.75) is 20.0 Å². The Balaban J connectivity index is 1.64. The molecule has 2 aromatic carbocycles. The van der Waals surface area contributed by atoms with Gasteiger partial charge in [0.1, 0.15) is 5.75 Å². The van der Waals surface area contributed by atoms with Crippen LogP contribution in [0, 0.1) is 6.92 Å². The van der Waals surface area contributed by atoms with Crippen molar-refractivity contribution in [3.8, 4) is 16.9 Å². The van der Waals surface area contributed by atoms with E-state index in [2.05, 4.69) is 4.98 Å². The van der Waals surface area contributed by atoms with Gasteiger partial charge in [-0.2, -0.15) is 0 Å². The lowest BCUT2D eigenvalue weighted by atomic mass is 9.97. The zero-order valence-corrected chi connectivity index (χ0v) is 16.6. The van der Waals surface area contributed by atoms with Gasteiger partial charge in [-0.05, 0) is 48.6 Å². The molecule has 0 bridgehead atoms. The number of aromatic nitrogens is 1. The van der Waals surface area contributed by atoms with Gasteiger partial charge in [0.15, 0.2) is 6.10 Å². The highest BCUT2D eigenvalue weighted by atomic mass is 16.5. The van der Waals surface area contributed by atoms with Gasteiger partial charge in [-0.25, -0.2) is 0 Å². The number of ether oxygens (including phenoxy) is 2. The van der Waals surface area contributed by atoms with Gasteiger partial charge < -0.3 is 19.4 Å². The Bertz CT molecular complexity index is 1100. The fourth-order valence-electron chi connectivity index (χ4n) is 3.71. The van der Waals surface area contributed by atoms with Crippen LogP contribution in [0.2, 0.25) is 0 Å². The maximum atomic E-state index is 12.6. The molecular weight excluding hydrogens is 368 g/mol. The summed E-state index contributed by atoms with van der Waals surface area (Å²) >= 11 is 0. The molecule has 6 nitrogen and oxygen atoms in total. The Morgan fingerprint density at radius 2 is 1.86 bits per heavy atom. The molecule has 0 saturated carbocycles. The number of carbonyl (C=O) groups is 1. The molecule has 1 atom stereocenters. The maximum Gasteiger partial charge on any atom is 0.263 e. The van der Waals surface area contributed by atoms with Crippen LogP contribution in [-0.4, -0.2) is 48.2 Å². The number of H-pyrrole nitrogens is 1. The molecule has 1 aromatic heterocycles. The molecule has 0 radical (unpaired) electrons. The average molecular weight is 392 g/mol. The molecule has 6 heteroatoms. The molecule has 1 amide bonds. The summed E-state index contributed by atoms with van der Waals surface area (Å²) < 4.78 is 11.2. The highest BCUT2D eigenvalue weighted by molar-refractivity contribution is 5.97. The topological polar surface area (TPSA) is 71.6 Å². The van der Waals surface area contributed by atoms with Crippen molar-refractivity contribution in [2.75, 3.05) is 26.3 Å². The number of benzene rings is 2. The van der Waals surface area contributed by atoms with E-state index in [0.717, 1.165) is 22.1 Å². The fourth-order valence-corrected chi connectivity index (χ4v) is 3.71. The van der Waals surface area contributed by atoms with Crippen LogP contribution in [0.3, 0.4) is 0 Å². The second-order valence-corrected chi connectivity index (χ2v) is 7.25. The average Bonchev–Trinajstić information content (AvgIpc) is 2.75. The SMILES string of the molecule is Cc1ccccc1-c1c[nH]c(=O)c2cc(O[C@H](C)C(=O)N3CCOCC3)ccc12. The number of aryl methyl sites for hydroxylation is 1. The molecule has 0 unspecified atom stereocenters. The molecule has 1 fully saturated rings. The van der Waals surface area contributed by atoms with E-state index in [0.29, 0.717) is 37.4 Å². The van der Waals surface area contributed by atoms with Crippen LogP contribution in [0.5, 0.6) is 5.75 Å². The first-order valence-electron chi connectivity index (χ1n) is 9.79.